The number of hydrogen-bond acceptors (Lipinski definition) is 2. The third-order valence-electron chi connectivity index (χ3n) is 2.05. The van der Waals surface area contributed by atoms with E-state index in [4.69, 9.17) is 4.74 Å². The van der Waals surface area contributed by atoms with Crippen molar-refractivity contribution in [2.75, 3.05) is 6.61 Å². The summed E-state index contributed by atoms with van der Waals surface area (Å²) in [5, 5.41) is 0. The molecule has 62 valence electrons. The topological polar surface area (TPSA) is 26.3 Å². The number of aldehydes is 1. The zero-order valence-corrected chi connectivity index (χ0v) is 6.88. The van der Waals surface area contributed by atoms with Crippen LogP contribution in [0.25, 0.3) is 0 Å². The number of ether oxygens (including phenoxy) is 1. The summed E-state index contributed by atoms with van der Waals surface area (Å²) in [4.78, 5) is 10.7. The van der Waals surface area contributed by atoms with Crippen molar-refractivity contribution in [3.63, 3.8) is 0 Å². The van der Waals surface area contributed by atoms with Crippen molar-refractivity contribution in [2.45, 2.75) is 31.8 Å². The van der Waals surface area contributed by atoms with E-state index < -0.39 is 5.60 Å². The van der Waals surface area contributed by atoms with Gasteiger partial charge in [-0.25, -0.2) is 0 Å². The van der Waals surface area contributed by atoms with E-state index in [1.54, 1.807) is 0 Å². The molecule has 2 nitrogen and oxygen atoms in total. The Kier molecular flexibility index (Phi) is 2.83. The fraction of sp³-hybridized carbons (Fsp3) is 0.667. The normalized spacial score (nSPS) is 31.4. The van der Waals surface area contributed by atoms with Gasteiger partial charge < -0.3 is 9.53 Å². The van der Waals surface area contributed by atoms with Gasteiger partial charge >= 0.3 is 0 Å². The molecule has 1 aliphatic heterocycles. The first-order chi connectivity index (χ1) is 5.33. The third-order valence-corrected chi connectivity index (χ3v) is 2.05. The highest BCUT2D eigenvalue weighted by Gasteiger charge is 2.33. The number of allylic oxidation sites excluding steroid dienone is 1. The van der Waals surface area contributed by atoms with Crippen LogP contribution in [-0.4, -0.2) is 18.5 Å². The maximum atomic E-state index is 10.7. The molecular weight excluding hydrogens is 140 g/mol. The van der Waals surface area contributed by atoms with E-state index >= 15 is 0 Å². The Labute approximate surface area is 67.2 Å². The summed E-state index contributed by atoms with van der Waals surface area (Å²) in [7, 11) is 0. The van der Waals surface area contributed by atoms with Crippen molar-refractivity contribution in [3.05, 3.63) is 12.2 Å². The molecule has 0 radical (unpaired) electrons. The fourth-order valence-corrected chi connectivity index (χ4v) is 1.34. The van der Waals surface area contributed by atoms with Crippen molar-refractivity contribution in [1.29, 1.82) is 0 Å². The minimum atomic E-state index is -0.480. The number of rotatable bonds is 3. The Bertz CT molecular complexity index is 155. The molecular formula is C9H14O2. The van der Waals surface area contributed by atoms with Gasteiger partial charge in [0.2, 0.25) is 0 Å². The SMILES string of the molecule is CC=CCC1(C=O)CCCO1. The van der Waals surface area contributed by atoms with Crippen LogP contribution in [0, 0.1) is 0 Å². The van der Waals surface area contributed by atoms with Gasteiger partial charge in [0.25, 0.3) is 0 Å². The molecule has 1 aliphatic rings. The molecule has 1 unspecified atom stereocenters. The zero-order chi connectivity index (χ0) is 8.16. The quantitative estimate of drug-likeness (QED) is 0.457. The van der Waals surface area contributed by atoms with E-state index in [1.165, 1.54) is 0 Å². The van der Waals surface area contributed by atoms with Gasteiger partial charge in [-0.05, 0) is 19.8 Å². The predicted molar refractivity (Wildman–Crippen MR) is 43.4 cm³/mol. The van der Waals surface area contributed by atoms with E-state index in [2.05, 4.69) is 0 Å². The maximum absolute atomic E-state index is 10.7. The van der Waals surface area contributed by atoms with E-state index in [9.17, 15) is 4.79 Å². The van der Waals surface area contributed by atoms with Crippen LogP contribution in [0.15, 0.2) is 12.2 Å². The van der Waals surface area contributed by atoms with Gasteiger partial charge in [-0.1, -0.05) is 12.2 Å². The Hall–Kier alpha value is -0.630. The first kappa shape index (κ1) is 8.47. The molecule has 0 amide bonds. The van der Waals surface area contributed by atoms with Crippen LogP contribution < -0.4 is 0 Å². The maximum Gasteiger partial charge on any atom is 0.152 e. The first-order valence-electron chi connectivity index (χ1n) is 4.04. The Morgan fingerprint density at radius 3 is 2.91 bits per heavy atom. The minimum absolute atomic E-state index is 0.480. The van der Waals surface area contributed by atoms with E-state index in [-0.39, 0.29) is 0 Å². The molecule has 1 atom stereocenters. The third kappa shape index (κ3) is 1.90. The molecule has 0 saturated carbocycles. The summed E-state index contributed by atoms with van der Waals surface area (Å²) in [6, 6.07) is 0. The molecule has 0 aromatic heterocycles. The lowest BCUT2D eigenvalue weighted by molar-refractivity contribution is -0.125. The van der Waals surface area contributed by atoms with Gasteiger partial charge in [0.05, 0.1) is 0 Å². The van der Waals surface area contributed by atoms with Gasteiger partial charge in [-0.2, -0.15) is 0 Å². The van der Waals surface area contributed by atoms with Gasteiger partial charge in [0.15, 0.2) is 6.29 Å². The molecule has 11 heavy (non-hydrogen) atoms. The molecule has 0 aromatic carbocycles. The Morgan fingerprint density at radius 1 is 1.64 bits per heavy atom. The van der Waals surface area contributed by atoms with E-state index in [1.807, 2.05) is 19.1 Å². The molecule has 0 N–H and O–H groups in total. The number of carbonyl (C=O) groups is 1. The second kappa shape index (κ2) is 3.67. The molecule has 1 saturated heterocycles. The van der Waals surface area contributed by atoms with Crippen molar-refractivity contribution in [3.8, 4) is 0 Å². The largest absolute Gasteiger partial charge is 0.367 e. The van der Waals surface area contributed by atoms with Crippen molar-refractivity contribution < 1.29 is 9.53 Å². The van der Waals surface area contributed by atoms with Crippen molar-refractivity contribution in [1.82, 2.24) is 0 Å². The number of carbonyl (C=O) groups excluding carboxylic acids is 1. The summed E-state index contributed by atoms with van der Waals surface area (Å²) >= 11 is 0. The first-order valence-corrected chi connectivity index (χ1v) is 4.04. The van der Waals surface area contributed by atoms with Gasteiger partial charge in [0.1, 0.15) is 5.60 Å². The smallest absolute Gasteiger partial charge is 0.152 e. The van der Waals surface area contributed by atoms with Crippen LogP contribution in [0.4, 0.5) is 0 Å². The lowest BCUT2D eigenvalue weighted by atomic mass is 9.98. The van der Waals surface area contributed by atoms with Crippen LogP contribution in [0.5, 0.6) is 0 Å². The second-order valence-electron chi connectivity index (χ2n) is 2.91. The van der Waals surface area contributed by atoms with Crippen LogP contribution in [0.2, 0.25) is 0 Å². The molecule has 0 aliphatic carbocycles. The second-order valence-corrected chi connectivity index (χ2v) is 2.91. The van der Waals surface area contributed by atoms with Gasteiger partial charge in [0, 0.05) is 13.0 Å². The van der Waals surface area contributed by atoms with Crippen LogP contribution in [0.3, 0.4) is 0 Å². The average molecular weight is 154 g/mol. The van der Waals surface area contributed by atoms with E-state index in [0.717, 1.165) is 32.2 Å². The molecule has 1 rings (SSSR count). The van der Waals surface area contributed by atoms with Crippen LogP contribution >= 0.6 is 0 Å². The highest BCUT2D eigenvalue weighted by molar-refractivity contribution is 5.63. The zero-order valence-electron chi connectivity index (χ0n) is 6.88. The molecule has 1 fully saturated rings. The highest BCUT2D eigenvalue weighted by Crippen LogP contribution is 2.27. The Balaban J connectivity index is 2.52. The van der Waals surface area contributed by atoms with Gasteiger partial charge in [-0.3, -0.25) is 0 Å². The highest BCUT2D eigenvalue weighted by atomic mass is 16.5. The van der Waals surface area contributed by atoms with Crippen molar-refractivity contribution >= 4 is 6.29 Å². The van der Waals surface area contributed by atoms with E-state index in [0.29, 0.717) is 0 Å². The van der Waals surface area contributed by atoms with Crippen LogP contribution in [-0.2, 0) is 9.53 Å². The molecule has 0 bridgehead atoms. The monoisotopic (exact) mass is 154 g/mol. The summed E-state index contributed by atoms with van der Waals surface area (Å²) in [6.07, 6.45) is 7.50. The van der Waals surface area contributed by atoms with Crippen molar-refractivity contribution in [2.24, 2.45) is 0 Å². The summed E-state index contributed by atoms with van der Waals surface area (Å²) in [5.41, 5.74) is -0.480. The standard InChI is InChI=1S/C9H14O2/c1-2-3-5-9(8-10)6-4-7-11-9/h2-3,8H,4-7H2,1H3. The average Bonchev–Trinajstić information content (AvgIpc) is 2.50. The molecule has 0 spiro atoms. The molecule has 2 heteroatoms. The predicted octanol–water partition coefficient (Wildman–Crippen LogP) is 1.70. The lowest BCUT2D eigenvalue weighted by Crippen LogP contribution is -2.28. The summed E-state index contributed by atoms with van der Waals surface area (Å²) in [6.45, 7) is 2.68. The fourth-order valence-electron chi connectivity index (χ4n) is 1.34. The summed E-state index contributed by atoms with van der Waals surface area (Å²) in [5.74, 6) is 0. The lowest BCUT2D eigenvalue weighted by Gasteiger charge is -2.18. The Morgan fingerprint density at radius 2 is 2.45 bits per heavy atom. The molecule has 1 heterocycles. The minimum Gasteiger partial charge on any atom is -0.367 e. The van der Waals surface area contributed by atoms with Gasteiger partial charge in [-0.15, -0.1) is 0 Å². The van der Waals surface area contributed by atoms with Crippen LogP contribution in [0.1, 0.15) is 26.2 Å². The summed E-state index contributed by atoms with van der Waals surface area (Å²) < 4.78 is 5.37. The number of hydrogen-bond donors (Lipinski definition) is 0. The molecule has 0 aromatic rings.